The lowest BCUT2D eigenvalue weighted by atomic mass is 9.81. The average molecular weight is 299 g/mol. The monoisotopic (exact) mass is 299 g/mol. The molecular formula is C17H17NO4. The van der Waals surface area contributed by atoms with Gasteiger partial charge in [0, 0.05) is 17.7 Å². The fourth-order valence-corrected chi connectivity index (χ4v) is 3.16. The van der Waals surface area contributed by atoms with Gasteiger partial charge in [0.2, 0.25) is 0 Å². The number of carbonyl (C=O) groups is 2. The lowest BCUT2D eigenvalue weighted by Gasteiger charge is -2.22. The maximum Gasteiger partial charge on any atom is 0.352 e. The Morgan fingerprint density at radius 1 is 1.27 bits per heavy atom. The summed E-state index contributed by atoms with van der Waals surface area (Å²) < 4.78 is 5.14. The van der Waals surface area contributed by atoms with Gasteiger partial charge in [0.15, 0.2) is 5.78 Å². The van der Waals surface area contributed by atoms with E-state index >= 15 is 0 Å². The summed E-state index contributed by atoms with van der Waals surface area (Å²) in [5.41, 5.74) is 3.01. The standard InChI is InChI=1S/C17H17NO4/c1-9-15-13(18-16(9)17(20)21)7-11(8-14(15)19)10-3-5-12(22-2)6-4-10/h3-6,11,18H,7-8H2,1-2H3,(H,20,21). The van der Waals surface area contributed by atoms with Crippen molar-refractivity contribution < 1.29 is 19.4 Å². The highest BCUT2D eigenvalue weighted by Crippen LogP contribution is 2.35. The average Bonchev–Trinajstić information content (AvgIpc) is 2.85. The van der Waals surface area contributed by atoms with Gasteiger partial charge >= 0.3 is 5.97 Å². The Hall–Kier alpha value is -2.56. The number of methoxy groups -OCH3 is 1. The van der Waals surface area contributed by atoms with Gasteiger partial charge < -0.3 is 14.8 Å². The summed E-state index contributed by atoms with van der Waals surface area (Å²) in [4.78, 5) is 26.5. The number of nitrogens with one attached hydrogen (secondary N) is 1. The number of carboxylic acid groups (broad SMARTS) is 1. The largest absolute Gasteiger partial charge is 0.497 e. The Morgan fingerprint density at radius 3 is 2.55 bits per heavy atom. The second-order valence-corrected chi connectivity index (χ2v) is 5.59. The highest BCUT2D eigenvalue weighted by molar-refractivity contribution is 6.03. The number of benzene rings is 1. The van der Waals surface area contributed by atoms with Gasteiger partial charge in [0.05, 0.1) is 7.11 Å². The summed E-state index contributed by atoms with van der Waals surface area (Å²) in [5.74, 6) is -0.190. The van der Waals surface area contributed by atoms with Crippen molar-refractivity contribution >= 4 is 11.8 Å². The van der Waals surface area contributed by atoms with Crippen LogP contribution in [0.5, 0.6) is 5.75 Å². The van der Waals surface area contributed by atoms with Crippen LogP contribution in [0, 0.1) is 6.92 Å². The molecule has 3 rings (SSSR count). The molecule has 0 bridgehead atoms. The highest BCUT2D eigenvalue weighted by atomic mass is 16.5. The number of hydrogen-bond donors (Lipinski definition) is 2. The van der Waals surface area contributed by atoms with E-state index < -0.39 is 5.97 Å². The van der Waals surface area contributed by atoms with Crippen LogP contribution in [0.1, 0.15) is 50.0 Å². The molecule has 1 aromatic carbocycles. The summed E-state index contributed by atoms with van der Waals surface area (Å²) >= 11 is 0. The molecule has 0 spiro atoms. The molecule has 1 heterocycles. The van der Waals surface area contributed by atoms with Crippen LogP contribution in [0.25, 0.3) is 0 Å². The minimum absolute atomic E-state index is 0.00307. The van der Waals surface area contributed by atoms with Crippen molar-refractivity contribution in [2.24, 2.45) is 0 Å². The summed E-state index contributed by atoms with van der Waals surface area (Å²) in [6.45, 7) is 1.68. The van der Waals surface area contributed by atoms with Crippen LogP contribution in [0.2, 0.25) is 0 Å². The minimum Gasteiger partial charge on any atom is -0.497 e. The molecule has 0 aliphatic heterocycles. The maximum atomic E-state index is 12.4. The molecule has 2 N–H and O–H groups in total. The number of rotatable bonds is 3. The molecule has 2 aromatic rings. The van der Waals surface area contributed by atoms with Crippen molar-refractivity contribution in [1.82, 2.24) is 4.98 Å². The number of aromatic nitrogens is 1. The van der Waals surface area contributed by atoms with E-state index in [0.717, 1.165) is 17.0 Å². The SMILES string of the molecule is COc1ccc(C2CC(=O)c3c([nH]c(C(=O)O)c3C)C2)cc1. The number of carbonyl (C=O) groups excluding carboxylic acids is 1. The van der Waals surface area contributed by atoms with Crippen LogP contribution in [-0.4, -0.2) is 29.0 Å². The first-order chi connectivity index (χ1) is 10.5. The second kappa shape index (κ2) is 5.33. The molecule has 0 amide bonds. The number of aromatic carboxylic acids is 1. The van der Waals surface area contributed by atoms with E-state index in [1.165, 1.54) is 0 Å². The molecule has 1 unspecified atom stereocenters. The Kier molecular flexibility index (Phi) is 3.48. The van der Waals surface area contributed by atoms with Crippen LogP contribution in [0.4, 0.5) is 0 Å². The number of carboxylic acids is 1. The van der Waals surface area contributed by atoms with E-state index in [0.29, 0.717) is 24.0 Å². The molecule has 1 atom stereocenters. The highest BCUT2D eigenvalue weighted by Gasteiger charge is 2.31. The van der Waals surface area contributed by atoms with Gasteiger partial charge in [-0.15, -0.1) is 0 Å². The van der Waals surface area contributed by atoms with Gasteiger partial charge in [-0.3, -0.25) is 4.79 Å². The normalized spacial score (nSPS) is 17.2. The van der Waals surface area contributed by atoms with Crippen molar-refractivity contribution in [3.05, 3.63) is 52.3 Å². The molecular weight excluding hydrogens is 282 g/mol. The van der Waals surface area contributed by atoms with Gasteiger partial charge in [-0.05, 0) is 42.5 Å². The zero-order valence-electron chi connectivity index (χ0n) is 12.5. The summed E-state index contributed by atoms with van der Waals surface area (Å²) in [6, 6.07) is 7.65. The Labute approximate surface area is 127 Å². The van der Waals surface area contributed by atoms with Crippen LogP contribution in [0.3, 0.4) is 0 Å². The zero-order valence-corrected chi connectivity index (χ0v) is 12.5. The lowest BCUT2D eigenvalue weighted by molar-refractivity contribution is 0.0690. The van der Waals surface area contributed by atoms with Crippen molar-refractivity contribution in [3.8, 4) is 5.75 Å². The molecule has 0 saturated heterocycles. The molecule has 5 nitrogen and oxygen atoms in total. The summed E-state index contributed by atoms with van der Waals surface area (Å²) in [6.07, 6.45) is 1.04. The molecule has 114 valence electrons. The van der Waals surface area contributed by atoms with Crippen LogP contribution < -0.4 is 4.74 Å². The molecule has 5 heteroatoms. The van der Waals surface area contributed by atoms with Gasteiger partial charge in [0.25, 0.3) is 0 Å². The fourth-order valence-electron chi connectivity index (χ4n) is 3.16. The molecule has 0 radical (unpaired) electrons. The third-order valence-electron chi connectivity index (χ3n) is 4.29. The van der Waals surface area contributed by atoms with E-state index in [9.17, 15) is 14.7 Å². The molecule has 0 fully saturated rings. The Bertz CT molecular complexity index is 743. The van der Waals surface area contributed by atoms with Crippen molar-refractivity contribution in [1.29, 1.82) is 0 Å². The van der Waals surface area contributed by atoms with Crippen LogP contribution in [0.15, 0.2) is 24.3 Å². The van der Waals surface area contributed by atoms with Gasteiger partial charge in [-0.2, -0.15) is 0 Å². The lowest BCUT2D eigenvalue weighted by Crippen LogP contribution is -2.18. The number of hydrogen-bond acceptors (Lipinski definition) is 3. The first kappa shape index (κ1) is 14.4. The molecule has 22 heavy (non-hydrogen) atoms. The third-order valence-corrected chi connectivity index (χ3v) is 4.29. The number of ketones is 1. The van der Waals surface area contributed by atoms with Gasteiger partial charge in [-0.1, -0.05) is 12.1 Å². The maximum absolute atomic E-state index is 12.4. The van der Waals surface area contributed by atoms with Crippen molar-refractivity contribution in [3.63, 3.8) is 0 Å². The predicted molar refractivity (Wildman–Crippen MR) is 80.9 cm³/mol. The van der Waals surface area contributed by atoms with Gasteiger partial charge in [0.1, 0.15) is 11.4 Å². The molecule has 0 saturated carbocycles. The smallest absolute Gasteiger partial charge is 0.352 e. The van der Waals surface area contributed by atoms with Crippen molar-refractivity contribution in [2.75, 3.05) is 7.11 Å². The minimum atomic E-state index is -1.03. The van der Waals surface area contributed by atoms with Crippen molar-refractivity contribution in [2.45, 2.75) is 25.7 Å². The molecule has 1 aliphatic carbocycles. The topological polar surface area (TPSA) is 79.4 Å². The van der Waals surface area contributed by atoms with E-state index in [1.54, 1.807) is 14.0 Å². The number of H-pyrrole nitrogens is 1. The molecule has 1 aromatic heterocycles. The van der Waals surface area contributed by atoms with Crippen LogP contribution in [-0.2, 0) is 6.42 Å². The number of ether oxygens (including phenoxy) is 1. The predicted octanol–water partition coefficient (Wildman–Crippen LogP) is 2.94. The third kappa shape index (κ3) is 2.28. The summed E-state index contributed by atoms with van der Waals surface area (Å²) in [5, 5.41) is 9.19. The number of fused-ring (bicyclic) bond motifs is 1. The number of Topliss-reactive ketones (excluding diaryl/α,β-unsaturated/α-hetero) is 1. The number of aromatic amines is 1. The Balaban J connectivity index is 1.95. The van der Waals surface area contributed by atoms with Gasteiger partial charge in [-0.25, -0.2) is 4.79 Å². The second-order valence-electron chi connectivity index (χ2n) is 5.59. The zero-order chi connectivity index (χ0) is 15.9. The fraction of sp³-hybridized carbons (Fsp3) is 0.294. The van der Waals surface area contributed by atoms with Crippen LogP contribution >= 0.6 is 0 Å². The van der Waals surface area contributed by atoms with E-state index in [4.69, 9.17) is 4.74 Å². The summed E-state index contributed by atoms with van der Waals surface area (Å²) in [7, 11) is 1.61. The van der Waals surface area contributed by atoms with E-state index in [-0.39, 0.29) is 17.4 Å². The molecule has 1 aliphatic rings. The quantitative estimate of drug-likeness (QED) is 0.913. The van der Waals surface area contributed by atoms with E-state index in [1.807, 2.05) is 24.3 Å². The first-order valence-electron chi connectivity index (χ1n) is 7.13. The first-order valence-corrected chi connectivity index (χ1v) is 7.13. The Morgan fingerprint density at radius 2 is 1.95 bits per heavy atom. The van der Waals surface area contributed by atoms with E-state index in [2.05, 4.69) is 4.98 Å².